The Bertz CT molecular complexity index is 1080. The van der Waals surface area contributed by atoms with Gasteiger partial charge in [0.05, 0.1) is 11.8 Å². The molecule has 170 valence electrons. The lowest BCUT2D eigenvalue weighted by molar-refractivity contribution is 0.0694. The summed E-state index contributed by atoms with van der Waals surface area (Å²) in [5, 5.41) is 9.02. The first-order chi connectivity index (χ1) is 16.1. The Morgan fingerprint density at radius 2 is 1.64 bits per heavy atom. The third kappa shape index (κ3) is 6.22. The van der Waals surface area contributed by atoms with Gasteiger partial charge in [0.15, 0.2) is 5.75 Å². The van der Waals surface area contributed by atoms with Crippen molar-refractivity contribution in [1.82, 2.24) is 9.88 Å². The molecule has 4 rings (SSSR count). The van der Waals surface area contributed by atoms with Gasteiger partial charge in [-0.3, -0.25) is 4.98 Å². The van der Waals surface area contributed by atoms with E-state index in [1.54, 1.807) is 4.90 Å². The lowest BCUT2D eigenvalue weighted by Gasteiger charge is -2.31. The Morgan fingerprint density at radius 3 is 2.33 bits per heavy atom. The second-order valence-corrected chi connectivity index (χ2v) is 7.63. The Hall–Kier alpha value is -4.07. The average Bonchev–Trinajstić information content (AvgIpc) is 2.85. The number of carbonyl (C=O) groups is 2. The van der Waals surface area contributed by atoms with Gasteiger partial charge in [0.2, 0.25) is 0 Å². The summed E-state index contributed by atoms with van der Waals surface area (Å²) in [6.07, 6.45) is 3.29. The minimum absolute atomic E-state index is 0.0119. The van der Waals surface area contributed by atoms with Crippen LogP contribution in [0, 0.1) is 0 Å². The SMILES string of the molecule is O=C(O)c1cncc(OC(=O)N2CCC(Oc3ccc(OCc4ccccc4)cc3)CC2)c1. The number of piperidine rings is 1. The van der Waals surface area contributed by atoms with Crippen LogP contribution in [0.3, 0.4) is 0 Å². The first-order valence-corrected chi connectivity index (χ1v) is 10.7. The van der Waals surface area contributed by atoms with Crippen LogP contribution in [-0.4, -0.2) is 46.2 Å². The van der Waals surface area contributed by atoms with Crippen molar-refractivity contribution in [3.05, 3.63) is 84.2 Å². The monoisotopic (exact) mass is 448 g/mol. The van der Waals surface area contributed by atoms with Gasteiger partial charge in [-0.25, -0.2) is 9.59 Å². The molecule has 33 heavy (non-hydrogen) atoms. The maximum absolute atomic E-state index is 12.4. The minimum Gasteiger partial charge on any atom is -0.490 e. The highest BCUT2D eigenvalue weighted by Gasteiger charge is 2.25. The van der Waals surface area contributed by atoms with Crippen molar-refractivity contribution in [3.63, 3.8) is 0 Å². The average molecular weight is 448 g/mol. The molecule has 1 N–H and O–H groups in total. The van der Waals surface area contributed by atoms with E-state index in [0.29, 0.717) is 32.5 Å². The van der Waals surface area contributed by atoms with Crippen molar-refractivity contribution in [1.29, 1.82) is 0 Å². The van der Waals surface area contributed by atoms with Crippen LogP contribution in [0.5, 0.6) is 17.2 Å². The number of aromatic carboxylic acids is 1. The van der Waals surface area contributed by atoms with Crippen molar-refractivity contribution in [3.8, 4) is 17.2 Å². The van der Waals surface area contributed by atoms with Crippen LogP contribution >= 0.6 is 0 Å². The maximum atomic E-state index is 12.4. The van der Waals surface area contributed by atoms with Gasteiger partial charge in [0.1, 0.15) is 24.2 Å². The Kier molecular flexibility index (Phi) is 7.04. The fourth-order valence-electron chi connectivity index (χ4n) is 3.46. The van der Waals surface area contributed by atoms with Gasteiger partial charge in [-0.2, -0.15) is 0 Å². The van der Waals surface area contributed by atoms with Crippen molar-refractivity contribution in [2.24, 2.45) is 0 Å². The number of benzene rings is 2. The fourth-order valence-corrected chi connectivity index (χ4v) is 3.46. The summed E-state index contributed by atoms with van der Waals surface area (Å²) in [5.41, 5.74) is 1.07. The van der Waals surface area contributed by atoms with Gasteiger partial charge in [0, 0.05) is 32.1 Å². The lowest BCUT2D eigenvalue weighted by atomic mass is 10.1. The van der Waals surface area contributed by atoms with Crippen LogP contribution in [-0.2, 0) is 6.61 Å². The molecule has 1 fully saturated rings. The molecule has 1 saturated heterocycles. The number of likely N-dealkylation sites (tertiary alicyclic amines) is 1. The molecule has 2 heterocycles. The number of nitrogens with zero attached hydrogens (tertiary/aromatic N) is 2. The number of ether oxygens (including phenoxy) is 3. The predicted molar refractivity (Wildman–Crippen MR) is 120 cm³/mol. The van der Waals surface area contributed by atoms with Crippen LogP contribution in [0.25, 0.3) is 0 Å². The van der Waals surface area contributed by atoms with Crippen LogP contribution < -0.4 is 14.2 Å². The van der Waals surface area contributed by atoms with Gasteiger partial charge >= 0.3 is 12.1 Å². The third-order valence-corrected chi connectivity index (χ3v) is 5.24. The summed E-state index contributed by atoms with van der Waals surface area (Å²) in [6.45, 7) is 1.47. The zero-order valence-corrected chi connectivity index (χ0v) is 17.9. The second-order valence-electron chi connectivity index (χ2n) is 7.63. The van der Waals surface area contributed by atoms with E-state index in [-0.39, 0.29) is 17.4 Å². The first-order valence-electron chi connectivity index (χ1n) is 10.7. The van der Waals surface area contributed by atoms with E-state index < -0.39 is 12.1 Å². The molecule has 1 aromatic heterocycles. The molecule has 1 amide bonds. The molecule has 0 aliphatic carbocycles. The number of rotatable bonds is 7. The molecular formula is C25H24N2O6. The summed E-state index contributed by atoms with van der Waals surface area (Å²) in [7, 11) is 0. The molecule has 0 saturated carbocycles. The van der Waals surface area contributed by atoms with E-state index in [2.05, 4.69) is 4.98 Å². The zero-order chi connectivity index (χ0) is 23.0. The normalized spacial score (nSPS) is 13.9. The number of carboxylic acid groups (broad SMARTS) is 1. The lowest BCUT2D eigenvalue weighted by Crippen LogP contribution is -2.43. The second kappa shape index (κ2) is 10.5. The minimum atomic E-state index is -1.13. The number of hydrogen-bond donors (Lipinski definition) is 1. The predicted octanol–water partition coefficient (Wildman–Crippen LogP) is 4.40. The molecular weight excluding hydrogens is 424 g/mol. The standard InChI is InChI=1S/C25H24N2O6/c28-24(29)19-14-23(16-26-15-19)33-25(30)27-12-10-22(11-13-27)32-21-8-6-20(7-9-21)31-17-18-4-2-1-3-5-18/h1-9,14-16,22H,10-13,17H2,(H,28,29). The Labute approximate surface area is 191 Å². The number of amides is 1. The molecule has 2 aromatic carbocycles. The van der Waals surface area contributed by atoms with Crippen molar-refractivity contribution in [2.45, 2.75) is 25.6 Å². The molecule has 8 nitrogen and oxygen atoms in total. The van der Waals surface area contributed by atoms with Crippen molar-refractivity contribution < 1.29 is 28.9 Å². The molecule has 0 radical (unpaired) electrons. The van der Waals surface area contributed by atoms with Crippen molar-refractivity contribution >= 4 is 12.1 Å². The zero-order valence-electron chi connectivity index (χ0n) is 17.9. The highest BCUT2D eigenvalue weighted by Crippen LogP contribution is 2.23. The number of carbonyl (C=O) groups excluding carboxylic acids is 1. The smallest absolute Gasteiger partial charge is 0.415 e. The van der Waals surface area contributed by atoms with E-state index in [9.17, 15) is 9.59 Å². The summed E-state index contributed by atoms with van der Waals surface area (Å²) >= 11 is 0. The molecule has 0 bridgehead atoms. The molecule has 0 spiro atoms. The third-order valence-electron chi connectivity index (χ3n) is 5.24. The van der Waals surface area contributed by atoms with Gasteiger partial charge in [0.25, 0.3) is 0 Å². The molecule has 1 aliphatic rings. The van der Waals surface area contributed by atoms with E-state index in [0.717, 1.165) is 17.1 Å². The summed E-state index contributed by atoms with van der Waals surface area (Å²) < 4.78 is 17.1. The Morgan fingerprint density at radius 1 is 0.939 bits per heavy atom. The van der Waals surface area contributed by atoms with Crippen molar-refractivity contribution in [2.75, 3.05) is 13.1 Å². The number of hydrogen-bond acceptors (Lipinski definition) is 6. The van der Waals surface area contributed by atoms with Gasteiger partial charge in [-0.15, -0.1) is 0 Å². The number of pyridine rings is 1. The van der Waals surface area contributed by atoms with Gasteiger partial charge < -0.3 is 24.2 Å². The van der Waals surface area contributed by atoms with Gasteiger partial charge in [-0.1, -0.05) is 30.3 Å². The van der Waals surface area contributed by atoms with E-state index in [4.69, 9.17) is 19.3 Å². The molecule has 8 heteroatoms. The van der Waals surface area contributed by atoms with Crippen LogP contribution in [0.1, 0.15) is 28.8 Å². The van der Waals surface area contributed by atoms with Gasteiger partial charge in [-0.05, 0) is 35.9 Å². The largest absolute Gasteiger partial charge is 0.490 e. The Balaban J connectivity index is 1.22. The number of carboxylic acids is 1. The molecule has 0 unspecified atom stereocenters. The van der Waals surface area contributed by atoms with E-state index >= 15 is 0 Å². The topological polar surface area (TPSA) is 98.2 Å². The summed E-state index contributed by atoms with van der Waals surface area (Å²) in [5.74, 6) is 0.492. The fraction of sp³-hybridized carbons (Fsp3) is 0.240. The van der Waals surface area contributed by atoms with Crippen LogP contribution in [0.15, 0.2) is 73.1 Å². The highest BCUT2D eigenvalue weighted by atomic mass is 16.6. The maximum Gasteiger partial charge on any atom is 0.415 e. The first kappa shape index (κ1) is 22.1. The van der Waals surface area contributed by atoms with Crippen LogP contribution in [0.4, 0.5) is 4.79 Å². The van der Waals surface area contributed by atoms with Crippen LogP contribution in [0.2, 0.25) is 0 Å². The summed E-state index contributed by atoms with van der Waals surface area (Å²) in [4.78, 5) is 28.8. The van der Waals surface area contributed by atoms with E-state index in [1.807, 2.05) is 54.6 Å². The molecule has 0 atom stereocenters. The number of aromatic nitrogens is 1. The van der Waals surface area contributed by atoms with E-state index in [1.165, 1.54) is 18.5 Å². The molecule has 3 aromatic rings. The quantitative estimate of drug-likeness (QED) is 0.572. The highest BCUT2D eigenvalue weighted by molar-refractivity contribution is 5.87. The molecule has 1 aliphatic heterocycles. The summed E-state index contributed by atoms with van der Waals surface area (Å²) in [6, 6.07) is 18.8.